The van der Waals surface area contributed by atoms with Crippen molar-refractivity contribution in [2.75, 3.05) is 0 Å². The van der Waals surface area contributed by atoms with Crippen LogP contribution in [0.4, 0.5) is 0 Å². The van der Waals surface area contributed by atoms with E-state index in [1.54, 1.807) is 0 Å². The Balaban J connectivity index is 1.91. The van der Waals surface area contributed by atoms with Crippen LogP contribution >= 0.6 is 0 Å². The van der Waals surface area contributed by atoms with Gasteiger partial charge in [0.25, 0.3) is 0 Å². The first-order valence-corrected chi connectivity index (χ1v) is 5.54. The van der Waals surface area contributed by atoms with E-state index in [2.05, 4.69) is 6.92 Å². The molecule has 1 atom stereocenters. The minimum absolute atomic E-state index is 0.445. The first-order chi connectivity index (χ1) is 5.79. The van der Waals surface area contributed by atoms with E-state index in [4.69, 9.17) is 5.73 Å². The van der Waals surface area contributed by atoms with Crippen LogP contribution in [0.2, 0.25) is 0 Å². The van der Waals surface area contributed by atoms with Crippen molar-refractivity contribution < 1.29 is 0 Å². The van der Waals surface area contributed by atoms with Crippen LogP contribution in [0.1, 0.15) is 45.4 Å². The Bertz CT molecular complexity index is 131. The van der Waals surface area contributed by atoms with Gasteiger partial charge in [-0.3, -0.25) is 0 Å². The summed E-state index contributed by atoms with van der Waals surface area (Å²) in [6.45, 7) is 2.21. The van der Waals surface area contributed by atoms with E-state index in [1.807, 2.05) is 0 Å². The van der Waals surface area contributed by atoms with Crippen molar-refractivity contribution in [2.45, 2.75) is 51.5 Å². The van der Waals surface area contributed by atoms with Crippen LogP contribution in [0, 0.1) is 17.8 Å². The van der Waals surface area contributed by atoms with Crippen LogP contribution in [0.3, 0.4) is 0 Å². The molecule has 0 aliphatic heterocycles. The highest BCUT2D eigenvalue weighted by Gasteiger charge is 2.37. The van der Waals surface area contributed by atoms with Crippen LogP contribution in [-0.4, -0.2) is 6.04 Å². The minimum atomic E-state index is 0.445. The van der Waals surface area contributed by atoms with Gasteiger partial charge in [-0.1, -0.05) is 38.5 Å². The number of nitrogens with two attached hydrogens (primary N) is 1. The van der Waals surface area contributed by atoms with Gasteiger partial charge in [0.05, 0.1) is 0 Å². The van der Waals surface area contributed by atoms with Gasteiger partial charge >= 0.3 is 0 Å². The lowest BCUT2D eigenvalue weighted by molar-refractivity contribution is 0.0762. The monoisotopic (exact) mass is 167 g/mol. The second-order valence-electron chi connectivity index (χ2n) is 4.82. The topological polar surface area (TPSA) is 26.0 Å². The molecule has 0 spiro atoms. The number of hydrogen-bond donors (Lipinski definition) is 1. The maximum atomic E-state index is 6.06. The Morgan fingerprint density at radius 3 is 1.58 bits per heavy atom. The van der Waals surface area contributed by atoms with Gasteiger partial charge < -0.3 is 5.73 Å². The van der Waals surface area contributed by atoms with E-state index in [0.717, 1.165) is 17.8 Å². The first kappa shape index (κ1) is 8.55. The zero-order chi connectivity index (χ0) is 8.55. The van der Waals surface area contributed by atoms with Crippen molar-refractivity contribution in [3.63, 3.8) is 0 Å². The summed E-state index contributed by atoms with van der Waals surface area (Å²) in [6, 6.07) is 0.445. The molecule has 2 fully saturated rings. The summed E-state index contributed by atoms with van der Waals surface area (Å²) < 4.78 is 0. The highest BCUT2D eigenvalue weighted by molar-refractivity contribution is 4.90. The predicted molar refractivity (Wildman–Crippen MR) is 51.8 cm³/mol. The van der Waals surface area contributed by atoms with Gasteiger partial charge in [-0.2, -0.15) is 0 Å². The van der Waals surface area contributed by atoms with E-state index in [0.29, 0.717) is 6.04 Å². The number of rotatable bonds is 3. The predicted octanol–water partition coefficient (Wildman–Crippen LogP) is 2.55. The molecule has 2 aliphatic rings. The molecule has 0 heterocycles. The molecule has 1 heteroatoms. The van der Waals surface area contributed by atoms with E-state index < -0.39 is 0 Å². The molecule has 2 rings (SSSR count). The third-order valence-electron chi connectivity index (χ3n) is 4.00. The van der Waals surface area contributed by atoms with Crippen molar-refractivity contribution in [2.24, 2.45) is 23.5 Å². The molecule has 0 aromatic heterocycles. The molecule has 12 heavy (non-hydrogen) atoms. The summed E-state index contributed by atoms with van der Waals surface area (Å²) >= 11 is 0. The normalized spacial score (nSPS) is 28.2. The van der Waals surface area contributed by atoms with Crippen LogP contribution in [0.25, 0.3) is 0 Å². The van der Waals surface area contributed by atoms with Gasteiger partial charge in [0.2, 0.25) is 0 Å². The molecule has 0 amide bonds. The molecule has 0 aromatic carbocycles. The average molecular weight is 167 g/mol. The highest BCUT2D eigenvalue weighted by Crippen LogP contribution is 2.45. The van der Waals surface area contributed by atoms with Crippen molar-refractivity contribution in [3.05, 3.63) is 0 Å². The number of hydrogen-bond acceptors (Lipinski definition) is 1. The van der Waals surface area contributed by atoms with E-state index in [-0.39, 0.29) is 0 Å². The first-order valence-electron chi connectivity index (χ1n) is 5.54. The Morgan fingerprint density at radius 1 is 1.00 bits per heavy atom. The van der Waals surface area contributed by atoms with E-state index in [9.17, 15) is 0 Å². The van der Waals surface area contributed by atoms with Gasteiger partial charge in [0.1, 0.15) is 0 Å². The largest absolute Gasteiger partial charge is 0.328 e. The Morgan fingerprint density at radius 2 is 1.42 bits per heavy atom. The summed E-state index contributed by atoms with van der Waals surface area (Å²) in [7, 11) is 0. The summed E-state index contributed by atoms with van der Waals surface area (Å²) in [5.41, 5.74) is 6.06. The fourth-order valence-corrected chi connectivity index (χ4v) is 2.89. The third kappa shape index (κ3) is 1.39. The van der Waals surface area contributed by atoms with Gasteiger partial charge in [0, 0.05) is 6.04 Å². The fraction of sp³-hybridized carbons (Fsp3) is 1.00. The van der Waals surface area contributed by atoms with Crippen LogP contribution in [0.5, 0.6) is 0 Å². The van der Waals surface area contributed by atoms with Gasteiger partial charge in [-0.15, -0.1) is 0 Å². The molecule has 0 bridgehead atoms. The SMILES string of the molecule is C[C@@H](N)C(C1CCC1)C1CCC1. The Kier molecular flexibility index (Phi) is 2.40. The highest BCUT2D eigenvalue weighted by atomic mass is 14.7. The van der Waals surface area contributed by atoms with Crippen molar-refractivity contribution in [3.8, 4) is 0 Å². The van der Waals surface area contributed by atoms with Gasteiger partial charge in [-0.25, -0.2) is 0 Å². The standard InChI is InChI=1S/C11H21N/c1-8(12)11(9-4-2-5-9)10-6-3-7-10/h8-11H,2-7,12H2,1H3/t8-/m1/s1. The van der Waals surface area contributed by atoms with Crippen LogP contribution in [-0.2, 0) is 0 Å². The molecule has 2 N–H and O–H groups in total. The summed E-state index contributed by atoms with van der Waals surface area (Å²) in [6.07, 6.45) is 8.76. The zero-order valence-electron chi connectivity index (χ0n) is 8.13. The Hall–Kier alpha value is -0.0400. The minimum Gasteiger partial charge on any atom is -0.328 e. The summed E-state index contributed by atoms with van der Waals surface area (Å²) in [5.74, 6) is 2.86. The molecule has 1 nitrogen and oxygen atoms in total. The van der Waals surface area contributed by atoms with Gasteiger partial charge in [-0.05, 0) is 24.7 Å². The molecule has 0 unspecified atom stereocenters. The zero-order valence-corrected chi connectivity index (χ0v) is 8.13. The van der Waals surface area contributed by atoms with E-state index >= 15 is 0 Å². The maximum Gasteiger partial charge on any atom is 0.00440 e. The quantitative estimate of drug-likeness (QED) is 0.687. The average Bonchev–Trinajstić information content (AvgIpc) is 1.77. The molecule has 70 valence electrons. The molecule has 0 radical (unpaired) electrons. The second-order valence-corrected chi connectivity index (χ2v) is 4.82. The summed E-state index contributed by atoms with van der Waals surface area (Å²) in [5, 5.41) is 0. The molecule has 0 saturated heterocycles. The van der Waals surface area contributed by atoms with Crippen LogP contribution < -0.4 is 5.73 Å². The Labute approximate surface area is 75.7 Å². The molecular formula is C11H21N. The summed E-state index contributed by atoms with van der Waals surface area (Å²) in [4.78, 5) is 0. The van der Waals surface area contributed by atoms with Crippen molar-refractivity contribution >= 4 is 0 Å². The van der Waals surface area contributed by atoms with Crippen molar-refractivity contribution in [1.82, 2.24) is 0 Å². The third-order valence-corrected chi connectivity index (χ3v) is 4.00. The van der Waals surface area contributed by atoms with Crippen molar-refractivity contribution in [1.29, 1.82) is 0 Å². The maximum absolute atomic E-state index is 6.06. The molecule has 0 aromatic rings. The van der Waals surface area contributed by atoms with Gasteiger partial charge in [0.15, 0.2) is 0 Å². The molecule has 2 aliphatic carbocycles. The fourth-order valence-electron chi connectivity index (χ4n) is 2.89. The molecular weight excluding hydrogens is 146 g/mol. The lowest BCUT2D eigenvalue weighted by Crippen LogP contribution is -2.42. The van der Waals surface area contributed by atoms with E-state index in [1.165, 1.54) is 38.5 Å². The van der Waals surface area contributed by atoms with Crippen LogP contribution in [0.15, 0.2) is 0 Å². The lowest BCUT2D eigenvalue weighted by atomic mass is 9.62. The smallest absolute Gasteiger partial charge is 0.00440 e. The second kappa shape index (κ2) is 3.37. The lowest BCUT2D eigenvalue weighted by Gasteiger charge is -2.44. The molecule has 2 saturated carbocycles.